The van der Waals surface area contributed by atoms with E-state index in [2.05, 4.69) is 15.9 Å². The van der Waals surface area contributed by atoms with Gasteiger partial charge >= 0.3 is 0 Å². The number of ether oxygens (including phenoxy) is 2. The Kier molecular flexibility index (Phi) is 3.46. The fraction of sp³-hybridized carbons (Fsp3) is 0.222. The van der Waals surface area contributed by atoms with Crippen LogP contribution in [-0.4, -0.2) is 20.5 Å². The first-order chi connectivity index (χ1) is 6.65. The first-order valence-electron chi connectivity index (χ1n) is 3.70. The Labute approximate surface area is 88.9 Å². The van der Waals surface area contributed by atoms with E-state index >= 15 is 0 Å². The second kappa shape index (κ2) is 4.41. The van der Waals surface area contributed by atoms with Crippen LogP contribution in [0.5, 0.6) is 11.5 Å². The highest BCUT2D eigenvalue weighted by Gasteiger charge is 2.17. The van der Waals surface area contributed by atoms with Crippen LogP contribution in [0, 0.1) is 5.82 Å². The summed E-state index contributed by atoms with van der Waals surface area (Å²) >= 11 is 3.06. The molecule has 0 bridgehead atoms. The van der Waals surface area contributed by atoms with Gasteiger partial charge in [-0.3, -0.25) is 4.79 Å². The van der Waals surface area contributed by atoms with E-state index in [1.54, 1.807) is 0 Å². The van der Waals surface area contributed by atoms with E-state index in [9.17, 15) is 9.18 Å². The SMILES string of the molecule is COc1cc(Br)c(C=O)c(F)c1OC. The summed E-state index contributed by atoms with van der Waals surface area (Å²) in [5, 5.41) is 0. The summed E-state index contributed by atoms with van der Waals surface area (Å²) in [7, 11) is 2.70. The fourth-order valence-electron chi connectivity index (χ4n) is 1.04. The van der Waals surface area contributed by atoms with Gasteiger partial charge in [0.05, 0.1) is 19.8 Å². The van der Waals surface area contributed by atoms with E-state index in [1.165, 1.54) is 20.3 Å². The number of carbonyl (C=O) groups is 1. The Balaban J connectivity index is 3.46. The molecule has 1 rings (SSSR count). The Morgan fingerprint density at radius 1 is 1.43 bits per heavy atom. The Hall–Kier alpha value is -1.10. The number of hydrogen-bond acceptors (Lipinski definition) is 3. The predicted molar refractivity (Wildman–Crippen MR) is 52.6 cm³/mol. The van der Waals surface area contributed by atoms with Crippen molar-refractivity contribution in [3.8, 4) is 11.5 Å². The van der Waals surface area contributed by atoms with Gasteiger partial charge in [-0.2, -0.15) is 0 Å². The van der Waals surface area contributed by atoms with Gasteiger partial charge in [0, 0.05) is 4.47 Å². The Morgan fingerprint density at radius 3 is 2.50 bits per heavy atom. The number of benzene rings is 1. The minimum Gasteiger partial charge on any atom is -0.493 e. The summed E-state index contributed by atoms with van der Waals surface area (Å²) in [4.78, 5) is 10.5. The summed E-state index contributed by atoms with van der Waals surface area (Å²) < 4.78 is 23.5. The van der Waals surface area contributed by atoms with Crippen molar-refractivity contribution in [3.05, 3.63) is 21.9 Å². The van der Waals surface area contributed by atoms with Crippen LogP contribution in [-0.2, 0) is 0 Å². The van der Waals surface area contributed by atoms with Crippen LogP contribution in [0.4, 0.5) is 4.39 Å². The smallest absolute Gasteiger partial charge is 0.197 e. The van der Waals surface area contributed by atoms with Gasteiger partial charge in [0.25, 0.3) is 0 Å². The molecule has 3 nitrogen and oxygen atoms in total. The highest BCUT2D eigenvalue weighted by atomic mass is 79.9. The predicted octanol–water partition coefficient (Wildman–Crippen LogP) is 2.42. The molecule has 0 spiro atoms. The lowest BCUT2D eigenvalue weighted by Gasteiger charge is -2.10. The zero-order valence-corrected chi connectivity index (χ0v) is 9.22. The Morgan fingerprint density at radius 2 is 2.07 bits per heavy atom. The zero-order chi connectivity index (χ0) is 10.7. The topological polar surface area (TPSA) is 35.5 Å². The molecule has 0 saturated heterocycles. The number of aldehydes is 1. The maximum absolute atomic E-state index is 13.5. The molecular formula is C9H8BrFO3. The average Bonchev–Trinajstić information content (AvgIpc) is 2.17. The highest BCUT2D eigenvalue weighted by Crippen LogP contribution is 2.35. The minimum atomic E-state index is -0.728. The molecule has 0 aliphatic rings. The molecule has 1 aromatic rings. The van der Waals surface area contributed by atoms with Crippen LogP contribution in [0.25, 0.3) is 0 Å². The second-order valence-corrected chi connectivity index (χ2v) is 3.29. The summed E-state index contributed by atoms with van der Waals surface area (Å²) in [5.74, 6) is -0.561. The van der Waals surface area contributed by atoms with E-state index in [0.29, 0.717) is 10.8 Å². The first kappa shape index (κ1) is 11.0. The van der Waals surface area contributed by atoms with Crippen LogP contribution in [0.3, 0.4) is 0 Å². The van der Waals surface area contributed by atoms with Crippen LogP contribution in [0.2, 0.25) is 0 Å². The molecule has 0 aliphatic carbocycles. The lowest BCUT2D eigenvalue weighted by molar-refractivity contribution is 0.111. The number of hydrogen-bond donors (Lipinski definition) is 0. The van der Waals surface area contributed by atoms with E-state index in [4.69, 9.17) is 9.47 Å². The van der Waals surface area contributed by atoms with E-state index in [0.717, 1.165) is 0 Å². The molecule has 0 heterocycles. The zero-order valence-electron chi connectivity index (χ0n) is 7.64. The van der Waals surface area contributed by atoms with Gasteiger partial charge in [-0.15, -0.1) is 0 Å². The second-order valence-electron chi connectivity index (χ2n) is 2.44. The van der Waals surface area contributed by atoms with Gasteiger partial charge in [-0.1, -0.05) is 0 Å². The molecule has 1 aromatic carbocycles. The monoisotopic (exact) mass is 262 g/mol. The largest absolute Gasteiger partial charge is 0.493 e. The van der Waals surface area contributed by atoms with Gasteiger partial charge in [-0.05, 0) is 22.0 Å². The molecule has 0 aromatic heterocycles. The molecule has 0 radical (unpaired) electrons. The van der Waals surface area contributed by atoms with Gasteiger partial charge in [0.15, 0.2) is 23.6 Å². The van der Waals surface area contributed by atoms with Crippen LogP contribution < -0.4 is 9.47 Å². The van der Waals surface area contributed by atoms with Gasteiger partial charge in [0.1, 0.15) is 0 Å². The molecule has 14 heavy (non-hydrogen) atoms. The quantitative estimate of drug-likeness (QED) is 0.785. The molecule has 0 atom stereocenters. The van der Waals surface area contributed by atoms with Crippen molar-refractivity contribution < 1.29 is 18.7 Å². The van der Waals surface area contributed by atoms with E-state index in [-0.39, 0.29) is 17.1 Å². The van der Waals surface area contributed by atoms with Gasteiger partial charge < -0.3 is 9.47 Å². The maximum atomic E-state index is 13.5. The molecule has 0 amide bonds. The third-order valence-corrected chi connectivity index (χ3v) is 2.37. The summed E-state index contributed by atoms with van der Waals surface area (Å²) in [6, 6.07) is 1.48. The van der Waals surface area contributed by atoms with Crippen molar-refractivity contribution in [1.82, 2.24) is 0 Å². The molecule has 0 N–H and O–H groups in total. The number of methoxy groups -OCH3 is 2. The van der Waals surface area contributed by atoms with Crippen molar-refractivity contribution in [2.75, 3.05) is 14.2 Å². The summed E-state index contributed by atoms with van der Waals surface area (Å²) in [6.45, 7) is 0. The molecule has 0 saturated carbocycles. The number of rotatable bonds is 3. The Bertz CT molecular complexity index is 366. The molecular weight excluding hydrogens is 255 g/mol. The van der Waals surface area contributed by atoms with E-state index in [1.807, 2.05) is 0 Å². The average molecular weight is 263 g/mol. The molecule has 5 heteroatoms. The summed E-state index contributed by atoms with van der Waals surface area (Å²) in [5.41, 5.74) is -0.0809. The lowest BCUT2D eigenvalue weighted by atomic mass is 10.2. The van der Waals surface area contributed by atoms with Crippen molar-refractivity contribution in [1.29, 1.82) is 0 Å². The van der Waals surface area contributed by atoms with Crippen molar-refractivity contribution in [2.24, 2.45) is 0 Å². The number of halogens is 2. The van der Waals surface area contributed by atoms with Crippen molar-refractivity contribution >= 4 is 22.2 Å². The van der Waals surface area contributed by atoms with Crippen LogP contribution >= 0.6 is 15.9 Å². The van der Waals surface area contributed by atoms with E-state index < -0.39 is 5.82 Å². The normalized spacial score (nSPS) is 9.71. The molecule has 0 aliphatic heterocycles. The standard InChI is InChI=1S/C9H8BrFO3/c1-13-7-3-6(10)5(4-12)8(11)9(7)14-2/h3-4H,1-2H3. The third kappa shape index (κ3) is 1.72. The summed E-state index contributed by atoms with van der Waals surface area (Å²) in [6.07, 6.45) is 0.418. The van der Waals surface area contributed by atoms with Crippen LogP contribution in [0.15, 0.2) is 10.5 Å². The van der Waals surface area contributed by atoms with Gasteiger partial charge in [0.2, 0.25) is 0 Å². The third-order valence-electron chi connectivity index (χ3n) is 1.72. The molecule has 0 fully saturated rings. The maximum Gasteiger partial charge on any atom is 0.197 e. The number of carbonyl (C=O) groups excluding carboxylic acids is 1. The van der Waals surface area contributed by atoms with Crippen LogP contribution in [0.1, 0.15) is 10.4 Å². The minimum absolute atomic E-state index is 0.0715. The van der Waals surface area contributed by atoms with Gasteiger partial charge in [-0.25, -0.2) is 4.39 Å². The molecule has 0 unspecified atom stereocenters. The fourth-order valence-corrected chi connectivity index (χ4v) is 1.52. The lowest BCUT2D eigenvalue weighted by Crippen LogP contribution is -1.98. The first-order valence-corrected chi connectivity index (χ1v) is 4.50. The highest BCUT2D eigenvalue weighted by molar-refractivity contribution is 9.10. The van der Waals surface area contributed by atoms with Crippen molar-refractivity contribution in [3.63, 3.8) is 0 Å². The molecule has 76 valence electrons. The van der Waals surface area contributed by atoms with Crippen molar-refractivity contribution in [2.45, 2.75) is 0 Å².